The van der Waals surface area contributed by atoms with E-state index in [1.807, 2.05) is 24.3 Å². The van der Waals surface area contributed by atoms with Gasteiger partial charge in [-0.05, 0) is 64.2 Å². The third-order valence-corrected chi connectivity index (χ3v) is 11.2. The smallest absolute Gasteiger partial charge is 0.462 e. The summed E-state index contributed by atoms with van der Waals surface area (Å²) in [5, 5.41) is 50.1. The van der Waals surface area contributed by atoms with Gasteiger partial charge < -0.3 is 39.9 Å². The Balaban J connectivity index is 2.54. The van der Waals surface area contributed by atoms with E-state index in [-0.39, 0.29) is 12.8 Å². The molecule has 0 spiro atoms. The third kappa shape index (κ3) is 30.7. The van der Waals surface area contributed by atoms with Crippen LogP contribution >= 0.6 is 7.82 Å². The van der Waals surface area contributed by atoms with Gasteiger partial charge in [0.15, 0.2) is 6.10 Å². The molecule has 0 radical (unpaired) electrons. The van der Waals surface area contributed by atoms with Crippen LogP contribution in [0.4, 0.5) is 0 Å². The average Bonchev–Trinajstić information content (AvgIpc) is 3.26. The summed E-state index contributed by atoms with van der Waals surface area (Å²) in [4.78, 5) is 35.6. The Labute approximate surface area is 378 Å². The van der Waals surface area contributed by atoms with E-state index in [4.69, 9.17) is 18.5 Å². The van der Waals surface area contributed by atoms with Crippen LogP contribution in [0.1, 0.15) is 155 Å². The van der Waals surface area contributed by atoms with Crippen LogP contribution in [0.2, 0.25) is 0 Å². The Bertz CT molecular complexity index is 1420. The molecule has 0 amide bonds. The minimum atomic E-state index is -5.15. The van der Waals surface area contributed by atoms with E-state index in [1.54, 1.807) is 0 Å². The van der Waals surface area contributed by atoms with Crippen LogP contribution in [-0.2, 0) is 32.7 Å². The van der Waals surface area contributed by atoms with Gasteiger partial charge in [-0.15, -0.1) is 0 Å². The minimum Gasteiger partial charge on any atom is -0.462 e. The minimum absolute atomic E-state index is 0.0393. The zero-order chi connectivity index (χ0) is 46.4. The van der Waals surface area contributed by atoms with Gasteiger partial charge in [0.1, 0.15) is 43.2 Å². The van der Waals surface area contributed by atoms with Crippen LogP contribution in [0.25, 0.3) is 0 Å². The van der Waals surface area contributed by atoms with Crippen molar-refractivity contribution in [2.45, 2.75) is 198 Å². The number of unbranched alkanes of at least 4 members (excludes halogenated alkanes) is 11. The standard InChI is InChI=1S/C49H81O13P/c1-3-5-7-9-11-13-15-17-19-20-21-22-24-26-28-30-32-34-36-38-43(51)61-41(40-60-63(57,58)62-49-47(55)45(53)44(52)46(54)48(49)56)39-59-42(50)37-35-33-31-29-27-25-23-18-16-14-12-10-8-6-4-2/h5,7,11,13,17,19,21-22,26,28,31-34,41,44-49,52-56H,3-4,6,8-10,12,14-16,18,20,23-25,27,29-30,35-40H2,1-2H3,(H,57,58)/b7-5-,13-11-,19-17-,22-21-,28-26-,33-31-,34-32-/t41?,44?,45-,46+,47-,48-,49?/m0/s1. The lowest BCUT2D eigenvalue weighted by Crippen LogP contribution is -2.64. The quantitative estimate of drug-likeness (QED) is 0.0149. The lowest BCUT2D eigenvalue weighted by Gasteiger charge is -2.41. The van der Waals surface area contributed by atoms with Crippen molar-refractivity contribution in [1.82, 2.24) is 0 Å². The molecule has 13 nitrogen and oxygen atoms in total. The molecule has 6 N–H and O–H groups in total. The summed E-state index contributed by atoms with van der Waals surface area (Å²) in [6, 6.07) is 0. The van der Waals surface area contributed by atoms with E-state index < -0.39 is 75.7 Å². The lowest BCUT2D eigenvalue weighted by atomic mass is 9.85. The molecule has 0 aromatic rings. The molecule has 63 heavy (non-hydrogen) atoms. The van der Waals surface area contributed by atoms with Crippen LogP contribution < -0.4 is 0 Å². The van der Waals surface area contributed by atoms with Crippen LogP contribution in [0, 0.1) is 0 Å². The number of ether oxygens (including phenoxy) is 2. The molecular weight excluding hydrogens is 828 g/mol. The second-order valence-corrected chi connectivity index (χ2v) is 17.3. The van der Waals surface area contributed by atoms with E-state index in [0.717, 1.165) is 44.9 Å². The van der Waals surface area contributed by atoms with Crippen molar-refractivity contribution in [3.8, 4) is 0 Å². The van der Waals surface area contributed by atoms with E-state index in [1.165, 1.54) is 64.2 Å². The summed E-state index contributed by atoms with van der Waals surface area (Å²) >= 11 is 0. The number of hydrogen-bond donors (Lipinski definition) is 6. The van der Waals surface area contributed by atoms with Crippen LogP contribution in [0.15, 0.2) is 85.1 Å². The molecular formula is C49H81O13P. The highest BCUT2D eigenvalue weighted by Crippen LogP contribution is 2.47. The van der Waals surface area contributed by atoms with Crippen molar-refractivity contribution in [2.24, 2.45) is 0 Å². The highest BCUT2D eigenvalue weighted by molar-refractivity contribution is 7.47. The number of allylic oxidation sites excluding steroid dienone is 14. The molecule has 0 aliphatic heterocycles. The first kappa shape index (κ1) is 58.0. The lowest BCUT2D eigenvalue weighted by molar-refractivity contribution is -0.220. The molecule has 360 valence electrons. The summed E-state index contributed by atoms with van der Waals surface area (Å²) in [5.74, 6) is -1.26. The number of rotatable bonds is 37. The zero-order valence-electron chi connectivity index (χ0n) is 38.1. The zero-order valence-corrected chi connectivity index (χ0v) is 39.0. The van der Waals surface area contributed by atoms with Crippen molar-refractivity contribution in [1.29, 1.82) is 0 Å². The van der Waals surface area contributed by atoms with Gasteiger partial charge in [0, 0.05) is 12.8 Å². The first-order valence-corrected chi connectivity index (χ1v) is 24.9. The van der Waals surface area contributed by atoms with Crippen molar-refractivity contribution >= 4 is 19.8 Å². The molecule has 0 aromatic carbocycles. The molecule has 0 bridgehead atoms. The number of esters is 2. The average molecular weight is 909 g/mol. The monoisotopic (exact) mass is 909 g/mol. The second-order valence-electron chi connectivity index (χ2n) is 15.9. The van der Waals surface area contributed by atoms with E-state index in [0.29, 0.717) is 19.3 Å². The maximum absolute atomic E-state index is 12.8. The highest BCUT2D eigenvalue weighted by atomic mass is 31.2. The maximum atomic E-state index is 12.8. The summed E-state index contributed by atoms with van der Waals surface area (Å²) < 4.78 is 33.4. The number of aliphatic hydroxyl groups is 5. The SMILES string of the molecule is CC/C=C\C/C=C\C/C=C\C/C=C\C/C=C\C/C=C\CCC(=O)OC(COC(=O)CC/C=C\CCCCCCCCCCCCC)COP(=O)(O)OC1[C@@H](O)[C@H](O)C(O)[C@H](O)[C@@H]1O. The first-order valence-electron chi connectivity index (χ1n) is 23.4. The fraction of sp³-hybridized carbons (Fsp3) is 0.673. The summed E-state index contributed by atoms with van der Waals surface area (Å²) in [7, 11) is -5.15. The highest BCUT2D eigenvalue weighted by Gasteiger charge is 2.51. The van der Waals surface area contributed by atoms with Crippen molar-refractivity contribution in [3.05, 3.63) is 85.1 Å². The summed E-state index contributed by atoms with van der Waals surface area (Å²) in [6.45, 7) is 3.08. The Morgan fingerprint density at radius 1 is 0.508 bits per heavy atom. The van der Waals surface area contributed by atoms with Gasteiger partial charge in [-0.25, -0.2) is 4.57 Å². The predicted octanol–water partition coefficient (Wildman–Crippen LogP) is 9.28. The van der Waals surface area contributed by atoms with Gasteiger partial charge in [-0.2, -0.15) is 0 Å². The maximum Gasteiger partial charge on any atom is 0.472 e. The van der Waals surface area contributed by atoms with Gasteiger partial charge in [0.25, 0.3) is 0 Å². The molecule has 1 aliphatic carbocycles. The molecule has 1 aliphatic rings. The Hall–Kier alpha value is -2.97. The normalized spacial score (nSPS) is 22.5. The van der Waals surface area contributed by atoms with Crippen molar-refractivity contribution in [2.75, 3.05) is 13.2 Å². The van der Waals surface area contributed by atoms with Crippen LogP contribution in [0.3, 0.4) is 0 Å². The predicted molar refractivity (Wildman–Crippen MR) is 248 cm³/mol. The van der Waals surface area contributed by atoms with Gasteiger partial charge in [0.2, 0.25) is 0 Å². The van der Waals surface area contributed by atoms with Gasteiger partial charge >= 0.3 is 19.8 Å². The molecule has 14 heteroatoms. The first-order chi connectivity index (χ1) is 30.4. The number of phosphoric acid groups is 1. The number of carbonyl (C=O) groups excluding carboxylic acids is 2. The molecule has 1 rings (SSSR count). The van der Waals surface area contributed by atoms with Crippen molar-refractivity contribution in [3.63, 3.8) is 0 Å². The van der Waals surface area contributed by atoms with Gasteiger partial charge in [0.05, 0.1) is 6.61 Å². The number of carbonyl (C=O) groups is 2. The molecule has 0 heterocycles. The number of aliphatic hydroxyl groups excluding tert-OH is 5. The summed E-state index contributed by atoms with van der Waals surface area (Å²) in [5.41, 5.74) is 0. The number of phosphoric ester groups is 1. The van der Waals surface area contributed by atoms with Crippen LogP contribution in [-0.4, -0.2) is 98.3 Å². The molecule has 4 unspecified atom stereocenters. The van der Waals surface area contributed by atoms with E-state index >= 15 is 0 Å². The topological polar surface area (TPSA) is 210 Å². The Kier molecular flexibility index (Phi) is 35.3. The van der Waals surface area contributed by atoms with Crippen molar-refractivity contribution < 1.29 is 63.1 Å². The fourth-order valence-corrected chi connectivity index (χ4v) is 7.48. The van der Waals surface area contributed by atoms with E-state index in [2.05, 4.69) is 74.6 Å². The molecule has 1 saturated carbocycles. The summed E-state index contributed by atoms with van der Waals surface area (Å²) in [6.07, 6.45) is 36.6. The third-order valence-electron chi connectivity index (χ3n) is 10.2. The fourth-order valence-electron chi connectivity index (χ4n) is 6.51. The molecule has 1 fully saturated rings. The van der Waals surface area contributed by atoms with E-state index in [9.17, 15) is 44.6 Å². The van der Waals surface area contributed by atoms with Crippen LogP contribution in [0.5, 0.6) is 0 Å². The Morgan fingerprint density at radius 2 is 0.905 bits per heavy atom. The largest absolute Gasteiger partial charge is 0.472 e. The number of hydrogen-bond acceptors (Lipinski definition) is 12. The molecule has 0 saturated heterocycles. The van der Waals surface area contributed by atoms with Gasteiger partial charge in [-0.3, -0.25) is 18.6 Å². The Morgan fingerprint density at radius 3 is 1.40 bits per heavy atom. The van der Waals surface area contributed by atoms with Gasteiger partial charge in [-0.1, -0.05) is 163 Å². The second kappa shape index (κ2) is 38.3. The molecule has 8 atom stereocenters. The molecule has 0 aromatic heterocycles.